The fraction of sp³-hybridized carbons (Fsp3) is 0.905. The van der Waals surface area contributed by atoms with Gasteiger partial charge >= 0.3 is 0 Å². The molecule has 3 N–H and O–H groups in total. The highest BCUT2D eigenvalue weighted by Gasteiger charge is 2.68. The zero-order chi connectivity index (χ0) is 18.2. The monoisotopic (exact) mass is 350 g/mol. The third-order valence-corrected chi connectivity index (χ3v) is 9.11. The van der Waals surface area contributed by atoms with Gasteiger partial charge in [-0.05, 0) is 74.0 Å². The van der Waals surface area contributed by atoms with Crippen LogP contribution in [0.1, 0.15) is 58.8 Å². The second-order valence-electron chi connectivity index (χ2n) is 9.74. The van der Waals surface area contributed by atoms with Crippen LogP contribution in [0, 0.1) is 46.8 Å². The van der Waals surface area contributed by atoms with E-state index in [1.165, 1.54) is 0 Å². The Morgan fingerprint density at radius 2 is 1.72 bits per heavy atom. The summed E-state index contributed by atoms with van der Waals surface area (Å²) in [5.41, 5.74) is -2.01. The molecule has 4 aliphatic carbocycles. The maximum Gasteiger partial charge on any atom is 0.156 e. The predicted octanol–water partition coefficient (Wildman–Crippen LogP) is 2.67. The quantitative estimate of drug-likeness (QED) is 0.589. The minimum Gasteiger partial charge on any atom is -0.390 e. The highest BCUT2D eigenvalue weighted by atomic mass is 19.1. The Morgan fingerprint density at radius 3 is 2.40 bits per heavy atom. The molecular formula is C21H31FO3. The van der Waals surface area contributed by atoms with Crippen molar-refractivity contribution >= 4 is 0 Å². The van der Waals surface area contributed by atoms with Gasteiger partial charge in [-0.15, -0.1) is 6.42 Å². The van der Waals surface area contributed by atoms with Crippen molar-refractivity contribution in [3.8, 4) is 12.3 Å². The van der Waals surface area contributed by atoms with Crippen molar-refractivity contribution in [3.05, 3.63) is 0 Å². The van der Waals surface area contributed by atoms with Crippen LogP contribution in [0.2, 0.25) is 0 Å². The molecule has 4 rings (SSSR count). The minimum absolute atomic E-state index is 0.0697. The first-order valence-corrected chi connectivity index (χ1v) is 9.89. The van der Waals surface area contributed by atoms with Crippen LogP contribution in [0.15, 0.2) is 0 Å². The third kappa shape index (κ3) is 2.04. The van der Waals surface area contributed by atoms with Gasteiger partial charge < -0.3 is 15.3 Å². The van der Waals surface area contributed by atoms with Gasteiger partial charge in [0.1, 0.15) is 6.17 Å². The Labute approximate surface area is 150 Å². The van der Waals surface area contributed by atoms with Crippen LogP contribution in [-0.2, 0) is 0 Å². The Morgan fingerprint density at radius 1 is 1.00 bits per heavy atom. The highest BCUT2D eigenvalue weighted by molar-refractivity contribution is 5.27. The molecule has 0 bridgehead atoms. The molecule has 3 nitrogen and oxygen atoms in total. The number of terminal acetylenes is 1. The molecule has 0 spiro atoms. The van der Waals surface area contributed by atoms with E-state index in [2.05, 4.69) is 12.8 Å². The molecule has 0 heterocycles. The average Bonchev–Trinajstić information content (AvgIpc) is 2.79. The van der Waals surface area contributed by atoms with E-state index in [1.807, 2.05) is 6.92 Å². The van der Waals surface area contributed by atoms with E-state index in [-0.39, 0.29) is 17.3 Å². The van der Waals surface area contributed by atoms with Crippen molar-refractivity contribution in [2.24, 2.45) is 34.5 Å². The van der Waals surface area contributed by atoms with Gasteiger partial charge in [0.25, 0.3) is 0 Å². The van der Waals surface area contributed by atoms with Gasteiger partial charge in [-0.1, -0.05) is 19.8 Å². The standard InChI is InChI=1S/C21H31FO3/c1-4-21(25)17(24)11-15-12-5-6-14-18(22)16(23)8-9-19(14,2)13(12)7-10-20(15,21)3/h1,12-18,23-25H,5-11H2,2-3H3/t12-,13+,14?,15+,16-,17-,18-,19-,20+,21+/m1/s1. The van der Waals surface area contributed by atoms with Crippen molar-refractivity contribution in [3.63, 3.8) is 0 Å². The van der Waals surface area contributed by atoms with E-state index in [0.29, 0.717) is 24.7 Å². The Hall–Kier alpha value is -0.630. The van der Waals surface area contributed by atoms with Crippen molar-refractivity contribution in [2.75, 3.05) is 0 Å². The fourth-order valence-corrected chi connectivity index (χ4v) is 7.55. The molecule has 0 amide bonds. The summed E-state index contributed by atoms with van der Waals surface area (Å²) in [6.07, 6.45) is 8.17. The molecule has 0 aromatic rings. The smallest absolute Gasteiger partial charge is 0.156 e. The van der Waals surface area contributed by atoms with Crippen LogP contribution in [0.25, 0.3) is 0 Å². The van der Waals surface area contributed by atoms with Crippen LogP contribution in [0.4, 0.5) is 4.39 Å². The number of fused-ring (bicyclic) bond motifs is 5. The third-order valence-electron chi connectivity index (χ3n) is 9.11. The Balaban J connectivity index is 1.68. The fourth-order valence-electron chi connectivity index (χ4n) is 7.55. The number of alkyl halides is 1. The minimum atomic E-state index is -1.45. The van der Waals surface area contributed by atoms with Crippen molar-refractivity contribution in [2.45, 2.75) is 82.8 Å². The summed E-state index contributed by atoms with van der Waals surface area (Å²) in [7, 11) is 0. The van der Waals surface area contributed by atoms with Crippen molar-refractivity contribution in [1.29, 1.82) is 0 Å². The first kappa shape index (κ1) is 17.8. The van der Waals surface area contributed by atoms with E-state index >= 15 is 0 Å². The Kier molecular flexibility index (Phi) is 3.87. The van der Waals surface area contributed by atoms with Crippen LogP contribution >= 0.6 is 0 Å². The lowest BCUT2D eigenvalue weighted by Crippen LogP contribution is -2.59. The molecule has 4 saturated carbocycles. The molecule has 10 atom stereocenters. The SMILES string of the molecule is C#C[C@]1(O)[C@H](O)C[C@H]2[C@@H]3CCC4[C@@H](F)[C@H](O)CC[C@]4(C)[C@H]3CC[C@@]21C. The molecule has 1 unspecified atom stereocenters. The molecule has 0 aromatic carbocycles. The van der Waals surface area contributed by atoms with E-state index in [0.717, 1.165) is 32.1 Å². The van der Waals surface area contributed by atoms with Gasteiger partial charge in [0, 0.05) is 5.41 Å². The van der Waals surface area contributed by atoms with Gasteiger partial charge in [0.15, 0.2) is 5.60 Å². The summed E-state index contributed by atoms with van der Waals surface area (Å²) in [5.74, 6) is 3.40. The summed E-state index contributed by atoms with van der Waals surface area (Å²) in [5, 5.41) is 31.5. The summed E-state index contributed by atoms with van der Waals surface area (Å²) >= 11 is 0. The van der Waals surface area contributed by atoms with E-state index < -0.39 is 29.4 Å². The van der Waals surface area contributed by atoms with E-state index in [9.17, 15) is 19.7 Å². The maximum atomic E-state index is 14.7. The summed E-state index contributed by atoms with van der Waals surface area (Å²) in [6.45, 7) is 4.26. The second kappa shape index (κ2) is 5.44. The number of halogens is 1. The highest BCUT2D eigenvalue weighted by Crippen LogP contribution is 2.68. The van der Waals surface area contributed by atoms with Crippen LogP contribution < -0.4 is 0 Å². The lowest BCUT2D eigenvalue weighted by Gasteiger charge is -2.61. The van der Waals surface area contributed by atoms with Crippen LogP contribution in [-0.4, -0.2) is 39.3 Å². The number of aliphatic hydroxyl groups excluding tert-OH is 2. The first-order valence-electron chi connectivity index (χ1n) is 9.89. The number of aliphatic hydroxyl groups is 3. The van der Waals surface area contributed by atoms with Gasteiger partial charge in [-0.25, -0.2) is 4.39 Å². The number of hydrogen-bond acceptors (Lipinski definition) is 3. The predicted molar refractivity (Wildman–Crippen MR) is 93.2 cm³/mol. The molecule has 0 aliphatic heterocycles. The van der Waals surface area contributed by atoms with Gasteiger partial charge in [-0.2, -0.15) is 0 Å². The van der Waals surface area contributed by atoms with Crippen LogP contribution in [0.3, 0.4) is 0 Å². The van der Waals surface area contributed by atoms with Gasteiger partial charge in [0.2, 0.25) is 0 Å². The second-order valence-corrected chi connectivity index (χ2v) is 9.74. The number of rotatable bonds is 0. The molecule has 140 valence electrons. The summed E-state index contributed by atoms with van der Waals surface area (Å²) < 4.78 is 14.7. The lowest BCUT2D eigenvalue weighted by molar-refractivity contribution is -0.169. The average molecular weight is 350 g/mol. The summed E-state index contributed by atoms with van der Waals surface area (Å²) in [4.78, 5) is 0. The van der Waals surface area contributed by atoms with Crippen LogP contribution in [0.5, 0.6) is 0 Å². The molecule has 0 aromatic heterocycles. The molecule has 4 heteroatoms. The topological polar surface area (TPSA) is 60.7 Å². The normalized spacial score (nSPS) is 60.9. The zero-order valence-electron chi connectivity index (χ0n) is 15.3. The zero-order valence-corrected chi connectivity index (χ0v) is 15.3. The van der Waals surface area contributed by atoms with E-state index in [1.54, 1.807) is 0 Å². The van der Waals surface area contributed by atoms with E-state index in [4.69, 9.17) is 6.42 Å². The summed E-state index contributed by atoms with van der Waals surface area (Å²) in [6, 6.07) is 0. The molecule has 0 radical (unpaired) electrons. The van der Waals surface area contributed by atoms with Crippen molar-refractivity contribution < 1.29 is 19.7 Å². The maximum absolute atomic E-state index is 14.7. The number of hydrogen-bond donors (Lipinski definition) is 3. The first-order chi connectivity index (χ1) is 11.7. The lowest BCUT2D eigenvalue weighted by atomic mass is 9.44. The van der Waals surface area contributed by atoms with Gasteiger partial charge in [0.05, 0.1) is 12.2 Å². The molecule has 25 heavy (non-hydrogen) atoms. The van der Waals surface area contributed by atoms with Gasteiger partial charge in [-0.3, -0.25) is 0 Å². The molecular weight excluding hydrogens is 319 g/mol. The van der Waals surface area contributed by atoms with Crippen molar-refractivity contribution in [1.82, 2.24) is 0 Å². The molecule has 4 fully saturated rings. The largest absolute Gasteiger partial charge is 0.390 e. The Bertz CT molecular complexity index is 602. The molecule has 4 aliphatic rings. The molecule has 0 saturated heterocycles.